The molecule has 0 aliphatic carbocycles. The summed E-state index contributed by atoms with van der Waals surface area (Å²) >= 11 is 0. The third-order valence-electron chi connectivity index (χ3n) is 3.40. The Morgan fingerprint density at radius 3 is 2.46 bits per heavy atom. The lowest BCUT2D eigenvalue weighted by molar-refractivity contribution is 0.0681. The van der Waals surface area contributed by atoms with Gasteiger partial charge in [0.25, 0.3) is 0 Å². The van der Waals surface area contributed by atoms with E-state index in [0.29, 0.717) is 17.0 Å². The fraction of sp³-hybridized carbons (Fsp3) is 0. The van der Waals surface area contributed by atoms with Gasteiger partial charge >= 0.3 is 11.9 Å². The van der Waals surface area contributed by atoms with E-state index >= 15 is 0 Å². The van der Waals surface area contributed by atoms with Gasteiger partial charge in [0, 0.05) is 31.0 Å². The zero-order chi connectivity index (χ0) is 16.8. The van der Waals surface area contributed by atoms with Crippen LogP contribution in [0.5, 0.6) is 0 Å². The topological polar surface area (TPSA) is 135 Å². The maximum absolute atomic E-state index is 11.2. The highest BCUT2D eigenvalue weighted by Crippen LogP contribution is 2.19. The summed E-state index contributed by atoms with van der Waals surface area (Å²) in [7, 11) is 0. The van der Waals surface area contributed by atoms with E-state index in [4.69, 9.17) is 10.2 Å². The van der Waals surface area contributed by atoms with Gasteiger partial charge in [0.2, 0.25) is 0 Å². The van der Waals surface area contributed by atoms with Crippen LogP contribution in [0, 0.1) is 0 Å². The SMILES string of the molecule is O=C(O)c1cn2cc(-c3cn4ccnc(C(=O)O)c4n3)ncc2n1. The second kappa shape index (κ2) is 4.84. The minimum absolute atomic E-state index is 0.0960. The van der Waals surface area contributed by atoms with E-state index in [1.165, 1.54) is 27.4 Å². The van der Waals surface area contributed by atoms with Gasteiger partial charge in [-0.05, 0) is 0 Å². The average Bonchev–Trinajstić information content (AvgIpc) is 3.17. The molecule has 0 saturated heterocycles. The first-order valence-electron chi connectivity index (χ1n) is 6.68. The van der Waals surface area contributed by atoms with Gasteiger partial charge in [-0.1, -0.05) is 0 Å². The zero-order valence-corrected chi connectivity index (χ0v) is 11.9. The highest BCUT2D eigenvalue weighted by atomic mass is 16.4. The molecule has 118 valence electrons. The molecule has 0 unspecified atom stereocenters. The predicted octanol–water partition coefficient (Wildman–Crippen LogP) is 0.835. The van der Waals surface area contributed by atoms with Crippen molar-refractivity contribution in [3.8, 4) is 11.4 Å². The summed E-state index contributed by atoms with van der Waals surface area (Å²) in [6, 6.07) is 0. The summed E-state index contributed by atoms with van der Waals surface area (Å²) in [6.07, 6.45) is 8.92. The monoisotopic (exact) mass is 324 g/mol. The Kier molecular flexibility index (Phi) is 2.79. The molecule has 0 amide bonds. The summed E-state index contributed by atoms with van der Waals surface area (Å²) in [6.45, 7) is 0. The number of carboxylic acids is 2. The first-order chi connectivity index (χ1) is 11.5. The van der Waals surface area contributed by atoms with Gasteiger partial charge in [-0.2, -0.15) is 0 Å². The molecule has 0 atom stereocenters. The van der Waals surface area contributed by atoms with Gasteiger partial charge in [-0.25, -0.2) is 29.5 Å². The second-order valence-electron chi connectivity index (χ2n) is 4.91. The van der Waals surface area contributed by atoms with E-state index in [0.717, 1.165) is 0 Å². The number of rotatable bonds is 3. The minimum atomic E-state index is -1.18. The normalized spacial score (nSPS) is 11.2. The maximum atomic E-state index is 11.2. The Labute approximate surface area is 132 Å². The molecule has 0 saturated carbocycles. The molecule has 4 heterocycles. The Balaban J connectivity index is 1.87. The molecule has 10 nitrogen and oxygen atoms in total. The van der Waals surface area contributed by atoms with E-state index in [2.05, 4.69) is 19.9 Å². The molecule has 10 heteroatoms. The lowest BCUT2D eigenvalue weighted by Crippen LogP contribution is -2.03. The van der Waals surface area contributed by atoms with Crippen LogP contribution in [0.1, 0.15) is 21.0 Å². The molecule has 0 aliphatic heterocycles. The van der Waals surface area contributed by atoms with Gasteiger partial charge < -0.3 is 19.0 Å². The van der Waals surface area contributed by atoms with Crippen molar-refractivity contribution in [1.82, 2.24) is 28.7 Å². The van der Waals surface area contributed by atoms with Crippen LogP contribution >= 0.6 is 0 Å². The van der Waals surface area contributed by atoms with Crippen molar-refractivity contribution in [3.63, 3.8) is 0 Å². The van der Waals surface area contributed by atoms with Crippen molar-refractivity contribution in [1.29, 1.82) is 0 Å². The summed E-state index contributed by atoms with van der Waals surface area (Å²) in [5.74, 6) is -2.31. The van der Waals surface area contributed by atoms with Gasteiger partial charge in [0.15, 0.2) is 22.7 Å². The van der Waals surface area contributed by atoms with Crippen LogP contribution < -0.4 is 0 Å². The maximum Gasteiger partial charge on any atom is 0.358 e. The van der Waals surface area contributed by atoms with Crippen molar-refractivity contribution in [2.75, 3.05) is 0 Å². The predicted molar refractivity (Wildman–Crippen MR) is 78.9 cm³/mol. The number of hydrogen-bond donors (Lipinski definition) is 2. The summed E-state index contributed by atoms with van der Waals surface area (Å²) in [5.41, 5.74) is 1.18. The van der Waals surface area contributed by atoms with Crippen molar-refractivity contribution in [2.24, 2.45) is 0 Å². The average molecular weight is 324 g/mol. The lowest BCUT2D eigenvalue weighted by atomic mass is 10.3. The summed E-state index contributed by atoms with van der Waals surface area (Å²) < 4.78 is 3.06. The molecule has 0 fully saturated rings. The van der Waals surface area contributed by atoms with E-state index < -0.39 is 11.9 Å². The lowest BCUT2D eigenvalue weighted by Gasteiger charge is -1.96. The Morgan fingerprint density at radius 1 is 0.917 bits per heavy atom. The van der Waals surface area contributed by atoms with Gasteiger partial charge in [-0.3, -0.25) is 0 Å². The molecule has 4 aromatic rings. The molecule has 0 aliphatic rings. The fourth-order valence-corrected chi connectivity index (χ4v) is 2.33. The molecular weight excluding hydrogens is 316 g/mol. The van der Waals surface area contributed by atoms with Crippen LogP contribution in [-0.2, 0) is 0 Å². The van der Waals surface area contributed by atoms with Crippen molar-refractivity contribution in [3.05, 3.63) is 48.6 Å². The number of aromatic nitrogens is 6. The number of hydrogen-bond acceptors (Lipinski definition) is 6. The van der Waals surface area contributed by atoms with Crippen molar-refractivity contribution in [2.45, 2.75) is 0 Å². The van der Waals surface area contributed by atoms with E-state index in [1.54, 1.807) is 18.6 Å². The van der Waals surface area contributed by atoms with Crippen LogP contribution in [0.3, 0.4) is 0 Å². The quantitative estimate of drug-likeness (QED) is 0.566. The number of carbonyl (C=O) groups is 2. The van der Waals surface area contributed by atoms with Crippen molar-refractivity contribution < 1.29 is 19.8 Å². The van der Waals surface area contributed by atoms with Crippen LogP contribution in [-0.4, -0.2) is 50.9 Å². The Bertz CT molecular complexity index is 1130. The third-order valence-corrected chi connectivity index (χ3v) is 3.40. The number of nitrogens with zero attached hydrogens (tertiary/aromatic N) is 6. The van der Waals surface area contributed by atoms with Crippen LogP contribution in [0.2, 0.25) is 0 Å². The van der Waals surface area contributed by atoms with Crippen LogP contribution in [0.25, 0.3) is 22.7 Å². The molecule has 4 aromatic heterocycles. The second-order valence-corrected chi connectivity index (χ2v) is 4.91. The van der Waals surface area contributed by atoms with Gasteiger partial charge in [0.05, 0.1) is 6.20 Å². The van der Waals surface area contributed by atoms with E-state index in [9.17, 15) is 9.59 Å². The number of aromatic carboxylic acids is 2. The Morgan fingerprint density at radius 2 is 1.71 bits per heavy atom. The first-order valence-corrected chi connectivity index (χ1v) is 6.68. The van der Waals surface area contributed by atoms with Crippen LogP contribution in [0.15, 0.2) is 37.2 Å². The minimum Gasteiger partial charge on any atom is -0.476 e. The summed E-state index contributed by atoms with van der Waals surface area (Å²) in [5, 5.41) is 18.1. The number of fused-ring (bicyclic) bond motifs is 2. The largest absolute Gasteiger partial charge is 0.476 e. The molecule has 0 aromatic carbocycles. The van der Waals surface area contributed by atoms with Gasteiger partial charge in [-0.15, -0.1) is 0 Å². The molecule has 4 rings (SSSR count). The van der Waals surface area contributed by atoms with Crippen molar-refractivity contribution >= 4 is 23.2 Å². The van der Waals surface area contributed by atoms with Gasteiger partial charge in [0.1, 0.15) is 11.4 Å². The molecule has 2 N–H and O–H groups in total. The summed E-state index contributed by atoms with van der Waals surface area (Å²) in [4.78, 5) is 38.3. The molecular formula is C14H8N6O4. The fourth-order valence-electron chi connectivity index (χ4n) is 2.33. The third kappa shape index (κ3) is 2.05. The van der Waals surface area contributed by atoms with Crippen LogP contribution in [0.4, 0.5) is 0 Å². The van der Waals surface area contributed by atoms with E-state index in [1.807, 2.05) is 0 Å². The highest BCUT2D eigenvalue weighted by Gasteiger charge is 2.16. The number of carboxylic acid groups (broad SMARTS) is 2. The smallest absolute Gasteiger partial charge is 0.358 e. The zero-order valence-electron chi connectivity index (χ0n) is 11.9. The number of imidazole rings is 2. The molecule has 0 spiro atoms. The molecule has 0 radical (unpaired) electrons. The standard InChI is InChI=1S/C14H8N6O4/c21-13(22)9-6-20-4-7(16-3-10(20)17-9)8-5-19-2-1-15-11(14(23)24)12(19)18-8/h1-6H,(H,21,22)(H,23,24). The first kappa shape index (κ1) is 13.8. The molecule has 24 heavy (non-hydrogen) atoms. The molecule has 0 bridgehead atoms. The van der Waals surface area contributed by atoms with E-state index in [-0.39, 0.29) is 17.0 Å². The Hall–Kier alpha value is -3.82. The highest BCUT2D eigenvalue weighted by molar-refractivity contribution is 5.92.